The van der Waals surface area contributed by atoms with Crippen LogP contribution in [-0.4, -0.2) is 54.1 Å². The number of halogens is 1. The van der Waals surface area contributed by atoms with Gasteiger partial charge in [0.2, 0.25) is 0 Å². The van der Waals surface area contributed by atoms with Gasteiger partial charge in [0.25, 0.3) is 0 Å². The van der Waals surface area contributed by atoms with Crippen molar-refractivity contribution in [2.45, 2.75) is 32.4 Å². The topological polar surface area (TPSA) is 71.9 Å². The van der Waals surface area contributed by atoms with Crippen LogP contribution in [0.15, 0.2) is 72.0 Å². The summed E-state index contributed by atoms with van der Waals surface area (Å²) < 4.78 is 11.8. The number of nitrogens with one attached hydrogen (secondary N) is 1. The van der Waals surface area contributed by atoms with Crippen LogP contribution in [0.2, 0.25) is 5.02 Å². The summed E-state index contributed by atoms with van der Waals surface area (Å²) in [6.45, 7) is 4.17. The average molecular weight is 530 g/mol. The molecule has 1 unspecified atom stereocenters. The number of nitrogens with zero attached hydrogens (tertiary/aromatic N) is 4. The van der Waals surface area contributed by atoms with Gasteiger partial charge in [0, 0.05) is 17.5 Å². The van der Waals surface area contributed by atoms with E-state index in [1.807, 2.05) is 36.4 Å². The SMILES string of the molecule is Cc1cccc(COc2ccc(Nc3ncnc4ccc(CC5=NC(CCN(C)C)CO5)cc34)cc2Cl)c1. The summed E-state index contributed by atoms with van der Waals surface area (Å²) in [5.74, 6) is 2.13. The molecular formula is C30H32ClN5O2. The molecule has 2 heterocycles. The molecular weight excluding hydrogens is 498 g/mol. The van der Waals surface area contributed by atoms with E-state index in [4.69, 9.17) is 26.1 Å². The lowest BCUT2D eigenvalue weighted by atomic mass is 10.1. The highest BCUT2D eigenvalue weighted by Gasteiger charge is 2.19. The zero-order valence-corrected chi connectivity index (χ0v) is 22.7. The van der Waals surface area contributed by atoms with Crippen molar-refractivity contribution in [3.05, 3.63) is 88.7 Å². The Morgan fingerprint density at radius 3 is 2.76 bits per heavy atom. The lowest BCUT2D eigenvalue weighted by Crippen LogP contribution is -2.19. The van der Waals surface area contributed by atoms with E-state index in [-0.39, 0.29) is 6.04 Å². The molecule has 1 N–H and O–H groups in total. The monoisotopic (exact) mass is 529 g/mol. The highest BCUT2D eigenvalue weighted by Crippen LogP contribution is 2.31. The van der Waals surface area contributed by atoms with Crippen molar-refractivity contribution in [1.29, 1.82) is 0 Å². The molecule has 1 aliphatic heterocycles. The third-order valence-electron chi connectivity index (χ3n) is 6.40. The normalized spacial score (nSPS) is 15.0. The molecule has 0 saturated heterocycles. The Balaban J connectivity index is 1.28. The van der Waals surface area contributed by atoms with E-state index in [0.717, 1.165) is 46.6 Å². The van der Waals surface area contributed by atoms with Gasteiger partial charge in [0.05, 0.1) is 16.6 Å². The van der Waals surface area contributed by atoms with Crippen LogP contribution in [-0.2, 0) is 17.8 Å². The molecule has 8 heteroatoms. The summed E-state index contributed by atoms with van der Waals surface area (Å²) in [4.78, 5) is 15.9. The molecule has 0 radical (unpaired) electrons. The zero-order chi connectivity index (χ0) is 26.5. The molecule has 196 valence electrons. The fourth-order valence-electron chi connectivity index (χ4n) is 4.41. The lowest BCUT2D eigenvalue weighted by molar-refractivity contribution is 0.291. The summed E-state index contributed by atoms with van der Waals surface area (Å²) in [6, 6.07) is 20.3. The van der Waals surface area contributed by atoms with Gasteiger partial charge < -0.3 is 19.7 Å². The summed E-state index contributed by atoms with van der Waals surface area (Å²) in [7, 11) is 4.15. The first kappa shape index (κ1) is 25.9. The summed E-state index contributed by atoms with van der Waals surface area (Å²) in [5, 5.41) is 4.84. The first-order valence-electron chi connectivity index (χ1n) is 12.8. The zero-order valence-electron chi connectivity index (χ0n) is 21.9. The number of anilines is 2. The Kier molecular flexibility index (Phi) is 8.05. The van der Waals surface area contributed by atoms with Crippen molar-refractivity contribution in [2.24, 2.45) is 4.99 Å². The van der Waals surface area contributed by atoms with Gasteiger partial charge in [-0.3, -0.25) is 0 Å². The minimum Gasteiger partial charge on any atom is -0.487 e. The Hall–Kier alpha value is -3.68. The third-order valence-corrected chi connectivity index (χ3v) is 6.70. The Bertz CT molecular complexity index is 1460. The molecule has 0 aliphatic carbocycles. The smallest absolute Gasteiger partial charge is 0.188 e. The van der Waals surface area contributed by atoms with Crippen molar-refractivity contribution in [2.75, 3.05) is 32.6 Å². The highest BCUT2D eigenvalue weighted by atomic mass is 35.5. The molecule has 7 nitrogen and oxygen atoms in total. The number of rotatable bonds is 10. The van der Waals surface area contributed by atoms with Gasteiger partial charge in [-0.05, 0) is 75.4 Å². The fraction of sp³-hybridized carbons (Fsp3) is 0.300. The van der Waals surface area contributed by atoms with E-state index in [9.17, 15) is 0 Å². The van der Waals surface area contributed by atoms with Gasteiger partial charge in [0.15, 0.2) is 5.90 Å². The maximum Gasteiger partial charge on any atom is 0.188 e. The highest BCUT2D eigenvalue weighted by molar-refractivity contribution is 6.32. The van der Waals surface area contributed by atoms with Crippen molar-refractivity contribution >= 4 is 39.9 Å². The molecule has 38 heavy (non-hydrogen) atoms. The molecule has 0 amide bonds. The largest absolute Gasteiger partial charge is 0.487 e. The number of aromatic nitrogens is 2. The van der Waals surface area contributed by atoms with Gasteiger partial charge in [-0.1, -0.05) is 47.5 Å². The number of ether oxygens (including phenoxy) is 2. The number of aliphatic imine (C=N–C) groups is 1. The van der Waals surface area contributed by atoms with E-state index in [1.165, 1.54) is 5.56 Å². The van der Waals surface area contributed by atoms with E-state index in [2.05, 4.69) is 65.5 Å². The van der Waals surface area contributed by atoms with Crippen LogP contribution in [0.25, 0.3) is 10.9 Å². The van der Waals surface area contributed by atoms with Crippen molar-refractivity contribution < 1.29 is 9.47 Å². The molecule has 0 spiro atoms. The second kappa shape index (κ2) is 11.8. The van der Waals surface area contributed by atoms with E-state index < -0.39 is 0 Å². The molecule has 0 fully saturated rings. The number of hydrogen-bond donors (Lipinski definition) is 1. The maximum absolute atomic E-state index is 6.56. The second-order valence-electron chi connectivity index (χ2n) is 9.88. The van der Waals surface area contributed by atoms with Crippen molar-refractivity contribution in [3.8, 4) is 5.75 Å². The molecule has 0 bridgehead atoms. The molecule has 3 aromatic carbocycles. The minimum absolute atomic E-state index is 0.224. The molecule has 5 rings (SSSR count). The van der Waals surface area contributed by atoms with E-state index >= 15 is 0 Å². The van der Waals surface area contributed by atoms with Crippen LogP contribution >= 0.6 is 11.6 Å². The van der Waals surface area contributed by atoms with Crippen LogP contribution < -0.4 is 10.1 Å². The third kappa shape index (κ3) is 6.60. The second-order valence-corrected chi connectivity index (χ2v) is 10.3. The van der Waals surface area contributed by atoms with E-state index in [1.54, 1.807) is 6.33 Å². The number of hydrogen-bond acceptors (Lipinski definition) is 7. The van der Waals surface area contributed by atoms with Crippen LogP contribution in [0.4, 0.5) is 11.5 Å². The lowest BCUT2D eigenvalue weighted by Gasteiger charge is -2.12. The van der Waals surface area contributed by atoms with Gasteiger partial charge in [-0.2, -0.15) is 0 Å². The Morgan fingerprint density at radius 1 is 1.05 bits per heavy atom. The van der Waals surface area contributed by atoms with Gasteiger partial charge in [-0.25, -0.2) is 15.0 Å². The molecule has 4 aromatic rings. The van der Waals surface area contributed by atoms with Crippen LogP contribution in [0.1, 0.15) is 23.1 Å². The number of aryl methyl sites for hydroxylation is 1. The van der Waals surface area contributed by atoms with Crippen molar-refractivity contribution in [1.82, 2.24) is 14.9 Å². The average Bonchev–Trinajstić information content (AvgIpc) is 3.34. The standard InChI is InChI=1S/C30H32ClN5O2/c1-20-5-4-6-22(13-20)17-37-28-10-8-23(16-26(28)31)35-30-25-14-21(7-9-27(25)32-19-33-30)15-29-34-24(18-38-29)11-12-36(2)3/h4-10,13-14,16,19,24H,11-12,15,17-18H2,1-3H3,(H,32,33,35). The first-order chi connectivity index (χ1) is 18.4. The van der Waals surface area contributed by atoms with Gasteiger partial charge in [-0.15, -0.1) is 0 Å². The summed E-state index contributed by atoms with van der Waals surface area (Å²) in [5.41, 5.74) is 5.07. The van der Waals surface area contributed by atoms with Gasteiger partial charge in [0.1, 0.15) is 31.1 Å². The maximum atomic E-state index is 6.56. The van der Waals surface area contributed by atoms with Crippen LogP contribution in [0.5, 0.6) is 5.75 Å². The fourth-order valence-corrected chi connectivity index (χ4v) is 4.64. The summed E-state index contributed by atoms with van der Waals surface area (Å²) in [6.07, 6.45) is 3.20. The first-order valence-corrected chi connectivity index (χ1v) is 13.1. The number of benzene rings is 3. The summed E-state index contributed by atoms with van der Waals surface area (Å²) >= 11 is 6.56. The van der Waals surface area contributed by atoms with Crippen LogP contribution in [0.3, 0.4) is 0 Å². The Morgan fingerprint density at radius 2 is 1.95 bits per heavy atom. The molecule has 1 aromatic heterocycles. The van der Waals surface area contributed by atoms with E-state index in [0.29, 0.717) is 36.2 Å². The number of fused-ring (bicyclic) bond motifs is 1. The minimum atomic E-state index is 0.224. The molecule has 1 atom stereocenters. The predicted molar refractivity (Wildman–Crippen MR) is 154 cm³/mol. The Labute approximate surface area is 228 Å². The predicted octanol–water partition coefficient (Wildman–Crippen LogP) is 6.21. The molecule has 1 aliphatic rings. The van der Waals surface area contributed by atoms with Crippen LogP contribution in [0, 0.1) is 6.92 Å². The molecule has 0 saturated carbocycles. The quantitative estimate of drug-likeness (QED) is 0.263. The van der Waals surface area contributed by atoms with Crippen molar-refractivity contribution in [3.63, 3.8) is 0 Å². The van der Waals surface area contributed by atoms with Gasteiger partial charge >= 0.3 is 0 Å².